The smallest absolute Gasteiger partial charge is 0.241 e. The third-order valence-electron chi connectivity index (χ3n) is 5.12. The summed E-state index contributed by atoms with van der Waals surface area (Å²) in [5.74, 6) is 0.970. The number of fused-ring (bicyclic) bond motifs is 1. The van der Waals surface area contributed by atoms with E-state index in [1.807, 2.05) is 54.3 Å². The fourth-order valence-electron chi connectivity index (χ4n) is 3.53. The number of rotatable bonds is 6. The average Bonchev–Trinajstić information content (AvgIpc) is 2.84. The average molecular weight is 380 g/mol. The first-order valence-corrected chi connectivity index (χ1v) is 13.2. The summed E-state index contributed by atoms with van der Waals surface area (Å²) in [6, 6.07) is 17.2. The van der Waals surface area contributed by atoms with Crippen LogP contribution in [-0.2, 0) is 16.8 Å². The number of ether oxygens (including phenoxy) is 1. The summed E-state index contributed by atoms with van der Waals surface area (Å²) in [5.41, 5.74) is 2.60. The molecule has 1 atom stereocenters. The van der Waals surface area contributed by atoms with Crippen molar-refractivity contribution in [2.45, 2.75) is 44.6 Å². The number of hydrogen-bond acceptors (Lipinski definition) is 2. The van der Waals surface area contributed by atoms with Crippen LogP contribution < -0.4 is 9.64 Å². The molecule has 0 aliphatic carbocycles. The zero-order valence-corrected chi connectivity index (χ0v) is 18.0. The van der Waals surface area contributed by atoms with Gasteiger partial charge < -0.3 is 9.64 Å². The van der Waals surface area contributed by atoms with E-state index < -0.39 is 13.5 Å². The molecule has 4 heteroatoms. The van der Waals surface area contributed by atoms with Gasteiger partial charge in [-0.2, -0.15) is 0 Å². The number of para-hydroxylation sites is 1. The molecule has 0 saturated carbocycles. The number of benzene rings is 2. The molecular weight excluding hydrogens is 350 g/mol. The Hall–Kier alpha value is -2.33. The SMILES string of the molecule is COc1ccc(CN2C(=O)C(C)(/C=C/C[Si](C)(C)C)c3ccccc32)cc1. The lowest BCUT2D eigenvalue weighted by atomic mass is 9.83. The zero-order valence-electron chi connectivity index (χ0n) is 17.0. The van der Waals surface area contributed by atoms with Crippen molar-refractivity contribution in [3.63, 3.8) is 0 Å². The summed E-state index contributed by atoms with van der Waals surface area (Å²) in [5, 5.41) is 0. The van der Waals surface area contributed by atoms with Gasteiger partial charge in [0.05, 0.1) is 19.1 Å². The molecule has 142 valence electrons. The standard InChI is InChI=1S/C23H29NO2Si/c1-23(15-8-16-27(3,4)5)20-9-6-7-10-21(20)24(22(23)25)17-18-11-13-19(26-2)14-12-18/h6-15H,16-17H2,1-5H3/b15-8+. The predicted molar refractivity (Wildman–Crippen MR) is 115 cm³/mol. The highest BCUT2D eigenvalue weighted by atomic mass is 28.3. The number of carbonyl (C=O) groups excluding carboxylic acids is 1. The summed E-state index contributed by atoms with van der Waals surface area (Å²) in [7, 11) is 0.474. The van der Waals surface area contributed by atoms with Crippen LogP contribution in [0.15, 0.2) is 60.7 Å². The number of methoxy groups -OCH3 is 1. The third kappa shape index (κ3) is 4.01. The lowest BCUT2D eigenvalue weighted by molar-refractivity contribution is -0.121. The van der Waals surface area contributed by atoms with Crippen molar-refractivity contribution in [3.05, 3.63) is 71.8 Å². The van der Waals surface area contributed by atoms with Gasteiger partial charge in [0.1, 0.15) is 5.75 Å². The summed E-state index contributed by atoms with van der Waals surface area (Å²) in [4.78, 5) is 15.3. The van der Waals surface area contributed by atoms with Crippen molar-refractivity contribution < 1.29 is 9.53 Å². The Labute approximate surface area is 163 Å². The van der Waals surface area contributed by atoms with Gasteiger partial charge in [-0.25, -0.2) is 0 Å². The van der Waals surface area contributed by atoms with Crippen LogP contribution in [0.3, 0.4) is 0 Å². The molecule has 0 radical (unpaired) electrons. The number of amides is 1. The Balaban J connectivity index is 1.91. The maximum atomic E-state index is 13.4. The summed E-state index contributed by atoms with van der Waals surface area (Å²) in [6.45, 7) is 9.65. The number of carbonyl (C=O) groups is 1. The first-order chi connectivity index (χ1) is 12.7. The van der Waals surface area contributed by atoms with E-state index in [2.05, 4.69) is 37.9 Å². The molecule has 2 aromatic carbocycles. The van der Waals surface area contributed by atoms with Crippen molar-refractivity contribution in [2.75, 3.05) is 12.0 Å². The van der Waals surface area contributed by atoms with E-state index in [0.717, 1.165) is 28.6 Å². The molecular formula is C23H29NO2Si. The fraction of sp³-hybridized carbons (Fsp3) is 0.348. The normalized spacial score (nSPS) is 19.6. The van der Waals surface area contributed by atoms with E-state index in [0.29, 0.717) is 6.54 Å². The highest BCUT2D eigenvalue weighted by molar-refractivity contribution is 6.76. The molecule has 1 amide bonds. The number of allylic oxidation sites excluding steroid dienone is 1. The van der Waals surface area contributed by atoms with E-state index in [1.165, 1.54) is 0 Å². The molecule has 1 heterocycles. The second-order valence-corrected chi connectivity index (χ2v) is 14.2. The largest absolute Gasteiger partial charge is 0.497 e. The van der Waals surface area contributed by atoms with Crippen LogP contribution in [0.2, 0.25) is 25.7 Å². The van der Waals surface area contributed by atoms with E-state index >= 15 is 0 Å². The maximum absolute atomic E-state index is 13.4. The van der Waals surface area contributed by atoms with Gasteiger partial charge in [0, 0.05) is 13.8 Å². The van der Waals surface area contributed by atoms with E-state index in [4.69, 9.17) is 4.74 Å². The Morgan fingerprint density at radius 2 is 1.74 bits per heavy atom. The molecule has 0 spiro atoms. The minimum absolute atomic E-state index is 0.145. The van der Waals surface area contributed by atoms with Crippen LogP contribution in [0.5, 0.6) is 5.75 Å². The minimum Gasteiger partial charge on any atom is -0.497 e. The molecule has 1 aliphatic rings. The molecule has 3 nitrogen and oxygen atoms in total. The number of nitrogens with zero attached hydrogens (tertiary/aromatic N) is 1. The van der Waals surface area contributed by atoms with Crippen molar-refractivity contribution in [3.8, 4) is 5.75 Å². The molecule has 1 unspecified atom stereocenters. The number of anilines is 1. The monoisotopic (exact) mass is 379 g/mol. The highest BCUT2D eigenvalue weighted by Gasteiger charge is 2.45. The Kier molecular flexibility index (Phi) is 5.29. The Bertz CT molecular complexity index is 851. The summed E-state index contributed by atoms with van der Waals surface area (Å²) < 4.78 is 5.23. The van der Waals surface area contributed by atoms with Gasteiger partial charge >= 0.3 is 0 Å². The Morgan fingerprint density at radius 3 is 2.37 bits per heavy atom. The fourth-order valence-corrected chi connectivity index (χ4v) is 4.36. The lowest BCUT2D eigenvalue weighted by Gasteiger charge is -2.22. The first kappa shape index (κ1) is 19.4. The van der Waals surface area contributed by atoms with Crippen molar-refractivity contribution >= 4 is 19.7 Å². The van der Waals surface area contributed by atoms with Crippen LogP contribution in [-0.4, -0.2) is 21.1 Å². The summed E-state index contributed by atoms with van der Waals surface area (Å²) >= 11 is 0. The van der Waals surface area contributed by atoms with Crippen LogP contribution in [0.1, 0.15) is 18.1 Å². The molecule has 3 rings (SSSR count). The molecule has 0 N–H and O–H groups in total. The van der Waals surface area contributed by atoms with Crippen LogP contribution in [0, 0.1) is 0 Å². The van der Waals surface area contributed by atoms with Gasteiger partial charge in [0.25, 0.3) is 0 Å². The van der Waals surface area contributed by atoms with Crippen LogP contribution in [0.25, 0.3) is 0 Å². The maximum Gasteiger partial charge on any atom is 0.241 e. The Morgan fingerprint density at radius 1 is 1.07 bits per heavy atom. The van der Waals surface area contributed by atoms with E-state index in [-0.39, 0.29) is 5.91 Å². The van der Waals surface area contributed by atoms with Gasteiger partial charge in [-0.1, -0.05) is 62.1 Å². The van der Waals surface area contributed by atoms with Crippen LogP contribution >= 0.6 is 0 Å². The van der Waals surface area contributed by atoms with Gasteiger partial charge in [-0.05, 0) is 42.3 Å². The second-order valence-electron chi connectivity index (χ2n) is 8.63. The molecule has 0 bridgehead atoms. The topological polar surface area (TPSA) is 29.5 Å². The molecule has 27 heavy (non-hydrogen) atoms. The van der Waals surface area contributed by atoms with Gasteiger partial charge in [-0.3, -0.25) is 4.79 Å². The molecule has 0 fully saturated rings. The van der Waals surface area contributed by atoms with Gasteiger partial charge in [0.15, 0.2) is 0 Å². The van der Waals surface area contributed by atoms with Crippen LogP contribution in [0.4, 0.5) is 5.69 Å². The molecule has 0 aromatic heterocycles. The second kappa shape index (κ2) is 7.35. The van der Waals surface area contributed by atoms with E-state index in [9.17, 15) is 4.79 Å². The van der Waals surface area contributed by atoms with E-state index in [1.54, 1.807) is 7.11 Å². The van der Waals surface area contributed by atoms with Crippen molar-refractivity contribution in [2.24, 2.45) is 0 Å². The van der Waals surface area contributed by atoms with Gasteiger partial charge in [0.2, 0.25) is 5.91 Å². The van der Waals surface area contributed by atoms with Gasteiger partial charge in [-0.15, -0.1) is 0 Å². The van der Waals surface area contributed by atoms with Crippen molar-refractivity contribution in [1.29, 1.82) is 0 Å². The third-order valence-corrected chi connectivity index (χ3v) is 6.59. The summed E-state index contributed by atoms with van der Waals surface area (Å²) in [6.07, 6.45) is 4.35. The molecule has 0 saturated heterocycles. The van der Waals surface area contributed by atoms with Crippen molar-refractivity contribution in [1.82, 2.24) is 0 Å². The number of hydrogen-bond donors (Lipinski definition) is 0. The quantitative estimate of drug-likeness (QED) is 0.497. The lowest BCUT2D eigenvalue weighted by Crippen LogP contribution is -2.36. The molecule has 2 aromatic rings. The zero-order chi connectivity index (χ0) is 19.7. The highest BCUT2D eigenvalue weighted by Crippen LogP contribution is 2.43. The minimum atomic E-state index is -1.19. The predicted octanol–water partition coefficient (Wildman–Crippen LogP) is 5.39. The molecule has 1 aliphatic heterocycles. The first-order valence-electron chi connectivity index (χ1n) is 9.47.